The number of alkyl halides is 3. The number of phenolic OH excluding ortho intramolecular Hbond substituents is 1. The molecular formula is C35H32F4N2O6. The molecule has 0 saturated heterocycles. The molecule has 3 aromatic rings. The molecule has 0 saturated carbocycles. The minimum Gasteiger partial charge on any atom is -0.506 e. The van der Waals surface area contributed by atoms with Crippen LogP contribution in [0.2, 0.25) is 0 Å². The highest BCUT2D eigenvalue weighted by Crippen LogP contribution is 2.47. The third-order valence-corrected chi connectivity index (χ3v) is 7.44. The molecule has 8 nitrogen and oxygen atoms in total. The van der Waals surface area contributed by atoms with Crippen molar-refractivity contribution in [3.05, 3.63) is 88.9 Å². The number of nitrogens with zero attached hydrogens (tertiary/aromatic N) is 1. The lowest BCUT2D eigenvalue weighted by Gasteiger charge is -2.33. The molecule has 4 rings (SSSR count). The number of hydrogen-bond acceptors (Lipinski definition) is 7. The van der Waals surface area contributed by atoms with Crippen molar-refractivity contribution in [2.45, 2.75) is 52.4 Å². The van der Waals surface area contributed by atoms with Crippen molar-refractivity contribution >= 4 is 29.9 Å². The minimum absolute atomic E-state index is 0.00192. The van der Waals surface area contributed by atoms with Crippen LogP contribution >= 0.6 is 0 Å². The molecule has 1 unspecified atom stereocenters. The number of aromatic hydroxyl groups is 1. The number of halogens is 4. The van der Waals surface area contributed by atoms with E-state index in [4.69, 9.17) is 4.74 Å². The average molecular weight is 653 g/mol. The lowest BCUT2D eigenvalue weighted by atomic mass is 9.82. The van der Waals surface area contributed by atoms with E-state index < -0.39 is 41.7 Å². The second-order valence-corrected chi connectivity index (χ2v) is 11.5. The van der Waals surface area contributed by atoms with Crippen LogP contribution in [-0.2, 0) is 20.8 Å². The summed E-state index contributed by atoms with van der Waals surface area (Å²) in [5.74, 6) is 2.85. The molecule has 0 bridgehead atoms. The van der Waals surface area contributed by atoms with Crippen LogP contribution in [0.3, 0.4) is 0 Å². The van der Waals surface area contributed by atoms with Gasteiger partial charge in [0.2, 0.25) is 5.91 Å². The Morgan fingerprint density at radius 2 is 1.83 bits per heavy atom. The number of nitrogens with one attached hydrogen (secondary N) is 1. The van der Waals surface area contributed by atoms with Gasteiger partial charge in [0.05, 0.1) is 18.2 Å². The first kappa shape index (κ1) is 34.6. The number of anilines is 2. The highest BCUT2D eigenvalue weighted by molar-refractivity contribution is 6.03. The van der Waals surface area contributed by atoms with Gasteiger partial charge in [0, 0.05) is 34.9 Å². The maximum absolute atomic E-state index is 16.1. The van der Waals surface area contributed by atoms with Crippen molar-refractivity contribution < 1.29 is 46.5 Å². The number of rotatable bonds is 11. The molecule has 1 atom stereocenters. The van der Waals surface area contributed by atoms with Gasteiger partial charge in [-0.1, -0.05) is 44.0 Å². The summed E-state index contributed by atoms with van der Waals surface area (Å²) in [5, 5.41) is 14.0. The summed E-state index contributed by atoms with van der Waals surface area (Å²) >= 11 is 0. The molecule has 246 valence electrons. The standard InChI is InChI=1S/C35H32F4N2O6/c1-4-5-17-46-23-13-14-24(26(36)19-23)33-25(21-43)27(20-34(2,3)15-16-42)40-32-28(10-8-11-29(32)44)41(33)31(45)18-22-9-6-7-12-30(22)47-35(37,38)39/h6-14,16,19,21,33,40,44H,15,17-18,20H2,1-3H3. The van der Waals surface area contributed by atoms with Crippen LogP contribution in [0.15, 0.2) is 71.9 Å². The molecule has 0 fully saturated rings. The van der Waals surface area contributed by atoms with E-state index in [9.17, 15) is 32.7 Å². The highest BCUT2D eigenvalue weighted by Gasteiger charge is 2.39. The molecule has 1 aliphatic rings. The maximum atomic E-state index is 16.1. The fourth-order valence-electron chi connectivity index (χ4n) is 5.30. The van der Waals surface area contributed by atoms with Crippen molar-refractivity contribution in [3.63, 3.8) is 0 Å². The van der Waals surface area contributed by atoms with Gasteiger partial charge in [-0.25, -0.2) is 4.39 Å². The molecule has 2 N–H and O–H groups in total. The minimum atomic E-state index is -5.04. The quantitative estimate of drug-likeness (QED) is 0.0992. The zero-order valence-electron chi connectivity index (χ0n) is 25.8. The van der Waals surface area contributed by atoms with E-state index >= 15 is 4.39 Å². The smallest absolute Gasteiger partial charge is 0.506 e. The average Bonchev–Trinajstić information content (AvgIpc) is 3.12. The molecule has 1 aliphatic heterocycles. The van der Waals surface area contributed by atoms with E-state index in [2.05, 4.69) is 21.9 Å². The fourth-order valence-corrected chi connectivity index (χ4v) is 5.30. The lowest BCUT2D eigenvalue weighted by molar-refractivity contribution is -0.274. The van der Waals surface area contributed by atoms with Crippen LogP contribution in [0.25, 0.3) is 0 Å². The predicted molar refractivity (Wildman–Crippen MR) is 166 cm³/mol. The zero-order chi connectivity index (χ0) is 34.4. The van der Waals surface area contributed by atoms with Crippen LogP contribution in [0.5, 0.6) is 17.2 Å². The Morgan fingerprint density at radius 3 is 2.49 bits per heavy atom. The van der Waals surface area contributed by atoms with E-state index in [1.54, 1.807) is 20.8 Å². The number of ether oxygens (including phenoxy) is 2. The second-order valence-electron chi connectivity index (χ2n) is 11.5. The normalized spacial score (nSPS) is 14.6. The zero-order valence-corrected chi connectivity index (χ0v) is 25.8. The van der Waals surface area contributed by atoms with Crippen LogP contribution < -0.4 is 19.7 Å². The van der Waals surface area contributed by atoms with Gasteiger partial charge in [0.1, 0.15) is 47.9 Å². The lowest BCUT2D eigenvalue weighted by Crippen LogP contribution is -2.38. The highest BCUT2D eigenvalue weighted by atomic mass is 19.4. The first-order valence-electron chi connectivity index (χ1n) is 14.5. The largest absolute Gasteiger partial charge is 0.573 e. The number of aldehydes is 2. The van der Waals surface area contributed by atoms with Gasteiger partial charge < -0.3 is 24.7 Å². The van der Waals surface area contributed by atoms with E-state index in [0.717, 1.165) is 23.3 Å². The molecule has 12 heteroatoms. The number of amides is 1. The molecule has 0 radical (unpaired) electrons. The molecule has 0 spiro atoms. The van der Waals surface area contributed by atoms with E-state index in [-0.39, 0.29) is 64.7 Å². The van der Waals surface area contributed by atoms with Crippen molar-refractivity contribution in [2.75, 3.05) is 16.8 Å². The Bertz CT molecular complexity index is 1760. The molecule has 0 aromatic heterocycles. The Morgan fingerprint density at radius 1 is 1.09 bits per heavy atom. The monoisotopic (exact) mass is 652 g/mol. The summed E-state index contributed by atoms with van der Waals surface area (Å²) in [6, 6.07) is 11.7. The molecule has 3 aromatic carbocycles. The van der Waals surface area contributed by atoms with Crippen LogP contribution in [0, 0.1) is 23.1 Å². The number of hydrogen-bond donors (Lipinski definition) is 2. The van der Waals surface area contributed by atoms with Gasteiger partial charge in [-0.05, 0) is 49.1 Å². The van der Waals surface area contributed by atoms with E-state index in [1.807, 2.05) is 0 Å². The molecule has 1 heterocycles. The first-order valence-corrected chi connectivity index (χ1v) is 14.5. The molecule has 0 aliphatic carbocycles. The van der Waals surface area contributed by atoms with Crippen molar-refractivity contribution in [1.82, 2.24) is 0 Å². The molecule has 1 amide bonds. The second kappa shape index (κ2) is 14.4. The van der Waals surface area contributed by atoms with Gasteiger partial charge in [0.15, 0.2) is 0 Å². The van der Waals surface area contributed by atoms with Crippen LogP contribution in [-0.4, -0.2) is 36.6 Å². The van der Waals surface area contributed by atoms with Crippen LogP contribution in [0.4, 0.5) is 28.9 Å². The van der Waals surface area contributed by atoms with Crippen LogP contribution in [0.1, 0.15) is 50.8 Å². The number of carbonyl (C=O) groups is 3. The predicted octanol–water partition coefficient (Wildman–Crippen LogP) is 7.03. The summed E-state index contributed by atoms with van der Waals surface area (Å²) in [5.41, 5.74) is -0.870. The molecular weight excluding hydrogens is 620 g/mol. The van der Waals surface area contributed by atoms with E-state index in [0.29, 0.717) is 6.29 Å². The summed E-state index contributed by atoms with van der Waals surface area (Å²) < 4.78 is 65.4. The Hall–Kier alpha value is -5.31. The van der Waals surface area contributed by atoms with Crippen molar-refractivity contribution in [3.8, 4) is 29.1 Å². The summed E-state index contributed by atoms with van der Waals surface area (Å²) in [6.45, 7) is 5.14. The Kier molecular flexibility index (Phi) is 10.6. The number of fused-ring (bicyclic) bond motifs is 1. The molecule has 47 heavy (non-hydrogen) atoms. The van der Waals surface area contributed by atoms with Gasteiger partial charge in [0.25, 0.3) is 0 Å². The third kappa shape index (κ3) is 8.30. The fraction of sp³-hybridized carbons (Fsp3) is 0.286. The van der Waals surface area contributed by atoms with Crippen molar-refractivity contribution in [2.24, 2.45) is 5.41 Å². The number of benzene rings is 3. The van der Waals surface area contributed by atoms with Gasteiger partial charge >= 0.3 is 6.36 Å². The number of allylic oxidation sites excluding steroid dienone is 1. The van der Waals surface area contributed by atoms with Gasteiger partial charge in [-0.2, -0.15) is 0 Å². The van der Waals surface area contributed by atoms with Gasteiger partial charge in [-0.15, -0.1) is 19.1 Å². The number of para-hydroxylation sites is 2. The maximum Gasteiger partial charge on any atom is 0.573 e. The topological polar surface area (TPSA) is 105 Å². The third-order valence-electron chi connectivity index (χ3n) is 7.44. The van der Waals surface area contributed by atoms with E-state index in [1.165, 1.54) is 48.5 Å². The van der Waals surface area contributed by atoms with Gasteiger partial charge in [-0.3, -0.25) is 14.5 Å². The summed E-state index contributed by atoms with van der Waals surface area (Å²) in [4.78, 5) is 39.9. The first-order chi connectivity index (χ1) is 22.3. The summed E-state index contributed by atoms with van der Waals surface area (Å²) in [6.07, 6.45) is -4.38. The number of carbonyl (C=O) groups excluding carboxylic acids is 3. The van der Waals surface area contributed by atoms with Crippen molar-refractivity contribution in [1.29, 1.82) is 0 Å². The number of phenols is 1. The Balaban J connectivity index is 1.96. The Labute approximate surface area is 269 Å². The summed E-state index contributed by atoms with van der Waals surface area (Å²) in [7, 11) is 0. The SMILES string of the molecule is CC#CCOc1ccc(C2C(C=O)=C(CC(C)(C)CC=O)Nc3c(O)cccc3N2C(=O)Cc2ccccc2OC(F)(F)F)c(F)c1.